The van der Waals surface area contributed by atoms with Gasteiger partial charge in [0.05, 0.1) is 16.8 Å². The molecule has 0 aromatic heterocycles. The lowest BCUT2D eigenvalue weighted by Gasteiger charge is -2.12. The smallest absolute Gasteiger partial charge is 0.336 e. The molecule has 0 spiro atoms. The number of aromatic carboxylic acids is 1. The van der Waals surface area contributed by atoms with Gasteiger partial charge in [-0.2, -0.15) is 0 Å². The molecule has 0 saturated heterocycles. The molecule has 2 N–H and O–H groups in total. The van der Waals surface area contributed by atoms with Crippen molar-refractivity contribution in [3.8, 4) is 0 Å². The van der Waals surface area contributed by atoms with Crippen LogP contribution < -0.4 is 5.32 Å². The molecule has 0 atom stereocenters. The Morgan fingerprint density at radius 3 is 2.07 bits per heavy atom. The molecule has 3 aromatic carbocycles. The predicted molar refractivity (Wildman–Crippen MR) is 103 cm³/mol. The molecule has 27 heavy (non-hydrogen) atoms. The number of rotatable bonds is 5. The van der Waals surface area contributed by atoms with Gasteiger partial charge >= 0.3 is 5.97 Å². The molecule has 0 aliphatic rings. The summed E-state index contributed by atoms with van der Waals surface area (Å²) in [5, 5.41) is 12.2. The standard InChI is InChI=1S/C21H14ClNO4/c22-14-10-11-18(17(12-14)19(24)13-6-2-1-3-7-13)23-20(25)15-8-4-5-9-16(15)21(26)27/h1-12H,(H,23,25)(H,26,27). The number of carboxylic acid groups (broad SMARTS) is 1. The van der Waals surface area contributed by atoms with Crippen LogP contribution in [0.25, 0.3) is 0 Å². The van der Waals surface area contributed by atoms with Gasteiger partial charge in [0.1, 0.15) is 0 Å². The fourth-order valence-electron chi connectivity index (χ4n) is 2.62. The maximum Gasteiger partial charge on any atom is 0.336 e. The number of carbonyl (C=O) groups is 3. The van der Waals surface area contributed by atoms with Gasteiger partial charge in [-0.3, -0.25) is 9.59 Å². The Bertz CT molecular complexity index is 1030. The minimum absolute atomic E-state index is 0.00180. The third kappa shape index (κ3) is 4.04. The molecule has 0 bridgehead atoms. The molecule has 6 heteroatoms. The molecule has 3 rings (SSSR count). The minimum Gasteiger partial charge on any atom is -0.478 e. The Kier molecular flexibility index (Phi) is 5.33. The molecular formula is C21H14ClNO4. The zero-order valence-electron chi connectivity index (χ0n) is 14.0. The third-order valence-corrected chi connectivity index (χ3v) is 4.15. The van der Waals surface area contributed by atoms with Crippen molar-refractivity contribution in [2.75, 3.05) is 5.32 Å². The summed E-state index contributed by atoms with van der Waals surface area (Å²) in [6.45, 7) is 0. The van der Waals surface area contributed by atoms with Crippen LogP contribution in [0, 0.1) is 0 Å². The number of hydrogen-bond donors (Lipinski definition) is 2. The average molecular weight is 380 g/mol. The Hall–Kier alpha value is -3.44. The van der Waals surface area contributed by atoms with Gasteiger partial charge in [0.15, 0.2) is 5.78 Å². The van der Waals surface area contributed by atoms with Crippen molar-refractivity contribution in [1.82, 2.24) is 0 Å². The lowest BCUT2D eigenvalue weighted by Crippen LogP contribution is -2.18. The number of carbonyl (C=O) groups excluding carboxylic acids is 2. The Morgan fingerprint density at radius 2 is 1.41 bits per heavy atom. The van der Waals surface area contributed by atoms with Crippen molar-refractivity contribution in [1.29, 1.82) is 0 Å². The summed E-state index contributed by atoms with van der Waals surface area (Å²) >= 11 is 6.03. The molecule has 0 saturated carbocycles. The first-order valence-corrected chi connectivity index (χ1v) is 8.38. The van der Waals surface area contributed by atoms with Gasteiger partial charge in [-0.15, -0.1) is 0 Å². The largest absolute Gasteiger partial charge is 0.478 e. The summed E-state index contributed by atoms with van der Waals surface area (Å²) in [6, 6.07) is 19.0. The van der Waals surface area contributed by atoms with Crippen molar-refractivity contribution in [3.05, 3.63) is 100 Å². The van der Waals surface area contributed by atoms with Crippen LogP contribution in [0.2, 0.25) is 5.02 Å². The quantitative estimate of drug-likeness (QED) is 0.638. The zero-order valence-corrected chi connectivity index (χ0v) is 14.7. The summed E-state index contributed by atoms with van der Waals surface area (Å²) in [5.74, 6) is -2.14. The highest BCUT2D eigenvalue weighted by Gasteiger charge is 2.19. The van der Waals surface area contributed by atoms with Gasteiger partial charge < -0.3 is 10.4 Å². The fraction of sp³-hybridized carbons (Fsp3) is 0. The lowest BCUT2D eigenvalue weighted by molar-refractivity contribution is 0.0692. The number of ketones is 1. The van der Waals surface area contributed by atoms with Crippen LogP contribution in [-0.2, 0) is 0 Å². The van der Waals surface area contributed by atoms with E-state index in [0.717, 1.165) is 0 Å². The molecule has 5 nitrogen and oxygen atoms in total. The van der Waals surface area contributed by atoms with Crippen LogP contribution in [0.15, 0.2) is 72.8 Å². The Labute approximate surface area is 160 Å². The van der Waals surface area contributed by atoms with Gasteiger partial charge in [-0.1, -0.05) is 54.1 Å². The fourth-order valence-corrected chi connectivity index (χ4v) is 2.79. The van der Waals surface area contributed by atoms with E-state index in [1.54, 1.807) is 42.5 Å². The molecule has 134 valence electrons. The second-order valence-corrected chi connectivity index (χ2v) is 6.13. The number of carboxylic acids is 1. The molecule has 0 unspecified atom stereocenters. The number of anilines is 1. The normalized spacial score (nSPS) is 10.3. The Morgan fingerprint density at radius 1 is 0.778 bits per heavy atom. The van der Waals surface area contributed by atoms with Crippen LogP contribution in [0.4, 0.5) is 5.69 Å². The summed E-state index contributed by atoms with van der Waals surface area (Å²) < 4.78 is 0. The van der Waals surface area contributed by atoms with Gasteiger partial charge in [-0.05, 0) is 30.3 Å². The number of hydrogen-bond acceptors (Lipinski definition) is 3. The first-order chi connectivity index (χ1) is 13.0. The monoisotopic (exact) mass is 379 g/mol. The number of benzene rings is 3. The SMILES string of the molecule is O=C(c1ccccc1)c1cc(Cl)ccc1NC(=O)c1ccccc1C(=O)O. The number of nitrogens with one attached hydrogen (secondary N) is 1. The van der Waals surface area contributed by atoms with Crippen molar-refractivity contribution >= 4 is 34.9 Å². The highest BCUT2D eigenvalue weighted by molar-refractivity contribution is 6.31. The number of halogens is 1. The highest BCUT2D eigenvalue weighted by atomic mass is 35.5. The van der Waals surface area contributed by atoms with Gasteiger partial charge in [0, 0.05) is 16.1 Å². The van der Waals surface area contributed by atoms with E-state index in [1.165, 1.54) is 30.3 Å². The van der Waals surface area contributed by atoms with Crippen LogP contribution >= 0.6 is 11.6 Å². The molecular weight excluding hydrogens is 366 g/mol. The van der Waals surface area contributed by atoms with Crippen LogP contribution in [0.3, 0.4) is 0 Å². The molecule has 0 aliphatic heterocycles. The molecule has 0 heterocycles. The number of amides is 1. The minimum atomic E-state index is -1.21. The molecule has 0 aliphatic carbocycles. The first-order valence-electron chi connectivity index (χ1n) is 8.00. The third-order valence-electron chi connectivity index (χ3n) is 3.91. The van der Waals surface area contributed by atoms with Crippen molar-refractivity contribution in [2.24, 2.45) is 0 Å². The van der Waals surface area contributed by atoms with Crippen molar-refractivity contribution < 1.29 is 19.5 Å². The maximum absolute atomic E-state index is 12.8. The first kappa shape index (κ1) is 18.4. The van der Waals surface area contributed by atoms with E-state index in [2.05, 4.69) is 5.32 Å². The summed E-state index contributed by atoms with van der Waals surface area (Å²) in [7, 11) is 0. The summed E-state index contributed by atoms with van der Waals surface area (Å²) in [4.78, 5) is 36.8. The van der Waals surface area contributed by atoms with Gasteiger partial charge in [0.25, 0.3) is 5.91 Å². The zero-order chi connectivity index (χ0) is 19.4. The predicted octanol–water partition coefficient (Wildman–Crippen LogP) is 4.52. The topological polar surface area (TPSA) is 83.5 Å². The van der Waals surface area contributed by atoms with Crippen LogP contribution in [0.1, 0.15) is 36.6 Å². The summed E-state index contributed by atoms with van der Waals surface area (Å²) in [6.07, 6.45) is 0. The molecule has 3 aromatic rings. The van der Waals surface area contributed by atoms with Gasteiger partial charge in [0.2, 0.25) is 0 Å². The Balaban J connectivity index is 1.98. The van der Waals surface area contributed by atoms with Crippen molar-refractivity contribution in [2.45, 2.75) is 0 Å². The second kappa shape index (κ2) is 7.85. The van der Waals surface area contributed by atoms with E-state index in [1.807, 2.05) is 0 Å². The van der Waals surface area contributed by atoms with Gasteiger partial charge in [-0.25, -0.2) is 4.79 Å². The van der Waals surface area contributed by atoms with Crippen LogP contribution in [0.5, 0.6) is 0 Å². The van der Waals surface area contributed by atoms with E-state index in [-0.39, 0.29) is 28.2 Å². The molecule has 0 fully saturated rings. The molecule has 0 radical (unpaired) electrons. The second-order valence-electron chi connectivity index (χ2n) is 5.69. The van der Waals surface area contributed by atoms with Crippen LogP contribution in [-0.4, -0.2) is 22.8 Å². The van der Waals surface area contributed by atoms with E-state index in [0.29, 0.717) is 10.6 Å². The highest BCUT2D eigenvalue weighted by Crippen LogP contribution is 2.24. The summed E-state index contributed by atoms with van der Waals surface area (Å²) in [5.41, 5.74) is 0.785. The van der Waals surface area contributed by atoms with E-state index in [4.69, 9.17) is 11.6 Å². The van der Waals surface area contributed by atoms with E-state index < -0.39 is 11.9 Å². The lowest BCUT2D eigenvalue weighted by atomic mass is 10.0. The van der Waals surface area contributed by atoms with E-state index in [9.17, 15) is 19.5 Å². The molecule has 1 amide bonds. The average Bonchev–Trinajstić information content (AvgIpc) is 2.69. The van der Waals surface area contributed by atoms with E-state index >= 15 is 0 Å². The van der Waals surface area contributed by atoms with Crippen molar-refractivity contribution in [3.63, 3.8) is 0 Å². The maximum atomic E-state index is 12.8.